The lowest BCUT2D eigenvalue weighted by Crippen LogP contribution is -2.22. The maximum atomic E-state index is 5.61. The first-order chi connectivity index (χ1) is 5.35. The van der Waals surface area contributed by atoms with E-state index in [4.69, 9.17) is 16.3 Å². The van der Waals surface area contributed by atoms with Gasteiger partial charge in [-0.3, -0.25) is 0 Å². The van der Waals surface area contributed by atoms with E-state index in [1.54, 1.807) is 0 Å². The van der Waals surface area contributed by atoms with E-state index >= 15 is 0 Å². The summed E-state index contributed by atoms with van der Waals surface area (Å²) in [7, 11) is 0. The molecule has 0 aromatic carbocycles. The molecule has 2 rings (SSSR count). The average Bonchev–Trinajstić information content (AvgIpc) is 2.62. The predicted molar refractivity (Wildman–Crippen MR) is 45.3 cm³/mol. The van der Waals surface area contributed by atoms with Crippen LogP contribution in [0.15, 0.2) is 4.99 Å². The number of rotatable bonds is 1. The summed E-state index contributed by atoms with van der Waals surface area (Å²) in [4.78, 5) is 4.50. The highest BCUT2D eigenvalue weighted by Crippen LogP contribution is 2.36. The van der Waals surface area contributed by atoms with Gasteiger partial charge in [0.25, 0.3) is 0 Å². The zero-order chi connectivity index (χ0) is 7.73. The van der Waals surface area contributed by atoms with Crippen molar-refractivity contribution in [1.82, 2.24) is 0 Å². The first-order valence-electron chi connectivity index (χ1n) is 4.12. The Morgan fingerprint density at radius 1 is 1.45 bits per heavy atom. The Bertz CT molecular complexity index is 185. The quantitative estimate of drug-likeness (QED) is 0.556. The molecule has 0 amide bonds. The fourth-order valence-corrected chi connectivity index (χ4v) is 2.04. The highest BCUT2D eigenvalue weighted by atomic mass is 35.5. The molecule has 0 saturated heterocycles. The molecule has 3 heteroatoms. The normalized spacial score (nSPS) is 27.2. The van der Waals surface area contributed by atoms with Crippen LogP contribution in [0.3, 0.4) is 0 Å². The van der Waals surface area contributed by atoms with Crippen LogP contribution in [-0.2, 0) is 4.74 Å². The standard InChI is InChI=1S/C8H12ClNO/c9-5-7-10-8(6-11-7)3-1-2-4-8/h1-6H2. The summed E-state index contributed by atoms with van der Waals surface area (Å²) < 4.78 is 5.36. The predicted octanol–water partition coefficient (Wildman–Crippen LogP) is 1.97. The minimum Gasteiger partial charge on any atom is -0.478 e. The molecule has 0 bridgehead atoms. The van der Waals surface area contributed by atoms with Crippen LogP contribution in [0.2, 0.25) is 0 Å². The second-order valence-electron chi connectivity index (χ2n) is 3.36. The van der Waals surface area contributed by atoms with Crippen LogP contribution in [0.1, 0.15) is 25.7 Å². The van der Waals surface area contributed by atoms with Crippen molar-refractivity contribution in [2.45, 2.75) is 31.2 Å². The van der Waals surface area contributed by atoms with Crippen LogP contribution in [0, 0.1) is 0 Å². The molecule has 0 aromatic rings. The van der Waals surface area contributed by atoms with Crippen molar-refractivity contribution in [2.24, 2.45) is 4.99 Å². The van der Waals surface area contributed by atoms with Gasteiger partial charge in [-0.2, -0.15) is 0 Å². The number of ether oxygens (including phenoxy) is 1. The number of nitrogens with zero attached hydrogens (tertiary/aromatic N) is 1. The lowest BCUT2D eigenvalue weighted by Gasteiger charge is -2.14. The van der Waals surface area contributed by atoms with Gasteiger partial charge >= 0.3 is 0 Å². The summed E-state index contributed by atoms with van der Waals surface area (Å²) in [5, 5.41) is 0. The van der Waals surface area contributed by atoms with E-state index in [9.17, 15) is 0 Å². The topological polar surface area (TPSA) is 21.6 Å². The average molecular weight is 174 g/mol. The fourth-order valence-electron chi connectivity index (χ4n) is 1.90. The summed E-state index contributed by atoms with van der Waals surface area (Å²) >= 11 is 5.61. The number of hydrogen-bond acceptors (Lipinski definition) is 2. The molecule has 1 spiro atoms. The van der Waals surface area contributed by atoms with Gasteiger partial charge in [0, 0.05) is 0 Å². The zero-order valence-electron chi connectivity index (χ0n) is 6.48. The van der Waals surface area contributed by atoms with Gasteiger partial charge in [0.1, 0.15) is 6.61 Å². The molecule has 62 valence electrons. The van der Waals surface area contributed by atoms with Gasteiger partial charge in [0.15, 0.2) is 5.90 Å². The Morgan fingerprint density at radius 2 is 2.18 bits per heavy atom. The van der Waals surface area contributed by atoms with Crippen LogP contribution >= 0.6 is 11.6 Å². The smallest absolute Gasteiger partial charge is 0.199 e. The minimum absolute atomic E-state index is 0.143. The van der Waals surface area contributed by atoms with Crippen LogP contribution in [0.5, 0.6) is 0 Å². The molecular weight excluding hydrogens is 162 g/mol. The van der Waals surface area contributed by atoms with Crippen molar-refractivity contribution < 1.29 is 4.74 Å². The Hall–Kier alpha value is -0.240. The summed E-state index contributed by atoms with van der Waals surface area (Å²) in [6.45, 7) is 0.773. The number of hydrogen-bond donors (Lipinski definition) is 0. The molecule has 1 aliphatic carbocycles. The van der Waals surface area contributed by atoms with Crippen LogP contribution in [0.25, 0.3) is 0 Å². The summed E-state index contributed by atoms with van der Waals surface area (Å²) in [6, 6.07) is 0. The monoisotopic (exact) mass is 173 g/mol. The highest BCUT2D eigenvalue weighted by Gasteiger charge is 2.38. The molecule has 0 radical (unpaired) electrons. The third-order valence-electron chi connectivity index (χ3n) is 2.52. The van der Waals surface area contributed by atoms with E-state index in [2.05, 4.69) is 4.99 Å². The molecule has 2 nitrogen and oxygen atoms in total. The SMILES string of the molecule is ClCC1=NC2(CCCC2)CO1. The molecule has 0 N–H and O–H groups in total. The second kappa shape index (κ2) is 2.67. The van der Waals surface area contributed by atoms with Gasteiger partial charge < -0.3 is 4.74 Å². The summed E-state index contributed by atoms with van der Waals surface area (Å²) in [6.07, 6.45) is 4.96. The maximum absolute atomic E-state index is 5.61. The highest BCUT2D eigenvalue weighted by molar-refractivity contribution is 6.27. The molecule has 0 atom stereocenters. The fraction of sp³-hybridized carbons (Fsp3) is 0.875. The van der Waals surface area contributed by atoms with Gasteiger partial charge in [-0.15, -0.1) is 11.6 Å². The molecular formula is C8H12ClNO. The Labute approximate surface area is 71.6 Å². The minimum atomic E-state index is 0.143. The Morgan fingerprint density at radius 3 is 2.73 bits per heavy atom. The van der Waals surface area contributed by atoms with Gasteiger partial charge in [0.05, 0.1) is 11.4 Å². The van der Waals surface area contributed by atoms with Gasteiger partial charge in [0.2, 0.25) is 0 Å². The van der Waals surface area contributed by atoms with Crippen LogP contribution in [0.4, 0.5) is 0 Å². The summed E-state index contributed by atoms with van der Waals surface area (Å²) in [5.74, 6) is 1.18. The van der Waals surface area contributed by atoms with Crippen LogP contribution in [-0.4, -0.2) is 23.9 Å². The Balaban J connectivity index is 2.11. The first kappa shape index (κ1) is 7.41. The molecule has 1 aliphatic heterocycles. The lowest BCUT2D eigenvalue weighted by molar-refractivity contribution is 0.256. The van der Waals surface area contributed by atoms with Crippen molar-refractivity contribution in [3.05, 3.63) is 0 Å². The van der Waals surface area contributed by atoms with Crippen molar-refractivity contribution in [3.63, 3.8) is 0 Å². The molecule has 1 saturated carbocycles. The maximum Gasteiger partial charge on any atom is 0.199 e. The number of halogens is 1. The molecule has 2 aliphatic rings. The van der Waals surface area contributed by atoms with E-state index < -0.39 is 0 Å². The molecule has 0 unspecified atom stereocenters. The van der Waals surface area contributed by atoms with Gasteiger partial charge in [-0.25, -0.2) is 4.99 Å². The van der Waals surface area contributed by atoms with Crippen molar-refractivity contribution in [3.8, 4) is 0 Å². The zero-order valence-corrected chi connectivity index (χ0v) is 7.23. The number of aliphatic imine (C=N–C) groups is 1. The Kier molecular flexibility index (Phi) is 1.80. The van der Waals surface area contributed by atoms with Crippen LogP contribution < -0.4 is 0 Å². The van der Waals surface area contributed by atoms with E-state index in [1.807, 2.05) is 0 Å². The molecule has 0 aromatic heterocycles. The largest absolute Gasteiger partial charge is 0.478 e. The summed E-state index contributed by atoms with van der Waals surface area (Å²) in [5.41, 5.74) is 0.143. The van der Waals surface area contributed by atoms with Crippen molar-refractivity contribution in [1.29, 1.82) is 0 Å². The van der Waals surface area contributed by atoms with Crippen molar-refractivity contribution >= 4 is 17.5 Å². The second-order valence-corrected chi connectivity index (χ2v) is 3.63. The molecule has 1 fully saturated rings. The molecule has 1 heterocycles. The number of alkyl halides is 1. The van der Waals surface area contributed by atoms with Crippen molar-refractivity contribution in [2.75, 3.05) is 12.5 Å². The van der Waals surface area contributed by atoms with E-state index in [0.29, 0.717) is 5.88 Å². The van der Waals surface area contributed by atoms with E-state index in [1.165, 1.54) is 25.7 Å². The van der Waals surface area contributed by atoms with E-state index in [0.717, 1.165) is 12.5 Å². The van der Waals surface area contributed by atoms with E-state index in [-0.39, 0.29) is 5.54 Å². The first-order valence-corrected chi connectivity index (χ1v) is 4.66. The third-order valence-corrected chi connectivity index (χ3v) is 2.75. The van der Waals surface area contributed by atoms with Gasteiger partial charge in [-0.05, 0) is 12.8 Å². The molecule has 11 heavy (non-hydrogen) atoms. The lowest BCUT2D eigenvalue weighted by atomic mass is 10.0. The third kappa shape index (κ3) is 1.24. The van der Waals surface area contributed by atoms with Gasteiger partial charge in [-0.1, -0.05) is 12.8 Å².